The Morgan fingerprint density at radius 3 is 2.00 bits per heavy atom. The number of hydrogen-bond acceptors (Lipinski definition) is 4. The Labute approximate surface area is 174 Å². The second kappa shape index (κ2) is 9.17. The third-order valence-corrected chi connectivity index (χ3v) is 4.21. The molecule has 2 aromatic carbocycles. The number of benzene rings is 2. The minimum atomic E-state index is -0.139. The molecule has 29 heavy (non-hydrogen) atoms. The van der Waals surface area contributed by atoms with Gasteiger partial charge in [-0.1, -0.05) is 20.8 Å². The molecule has 2 rings (SSSR count). The molecule has 2 aromatic rings. The number of aromatic hydroxyl groups is 1. The van der Waals surface area contributed by atoms with Gasteiger partial charge in [0, 0.05) is 22.8 Å². The highest BCUT2D eigenvalue weighted by atomic mass is 16.5. The fourth-order valence-electron chi connectivity index (χ4n) is 2.89. The van der Waals surface area contributed by atoms with Crippen molar-refractivity contribution in [3.05, 3.63) is 59.2 Å². The second-order valence-corrected chi connectivity index (χ2v) is 8.71. The Balaban J connectivity index is 2.49. The lowest BCUT2D eigenvalue weighted by Crippen LogP contribution is -2.17. The molecular formula is C25H32O4. The number of carbonyl (C=O) groups excluding carboxylic acids is 1. The number of hydrogen-bond donors (Lipinski definition) is 1. The van der Waals surface area contributed by atoms with E-state index in [1.807, 2.05) is 39.8 Å². The normalized spacial score (nSPS) is 12.0. The monoisotopic (exact) mass is 396 g/mol. The standard InChI is InChI=1S/C25H32O4/c1-16(2)28-23-15-24(29-17(3)4)21(25(5,6)7)14-19(23)10-13-22(27)18-8-11-20(26)12-9-18/h8-17,26H,1-7H3/b13-10+. The maximum Gasteiger partial charge on any atom is 0.185 e. The highest BCUT2D eigenvalue weighted by Gasteiger charge is 2.22. The van der Waals surface area contributed by atoms with Crippen LogP contribution in [-0.2, 0) is 5.41 Å². The topological polar surface area (TPSA) is 55.8 Å². The molecule has 0 heterocycles. The second-order valence-electron chi connectivity index (χ2n) is 8.71. The van der Waals surface area contributed by atoms with Crippen molar-refractivity contribution in [2.45, 2.75) is 66.1 Å². The molecule has 156 valence electrons. The van der Waals surface area contributed by atoms with Gasteiger partial charge < -0.3 is 14.6 Å². The number of phenols is 1. The fraction of sp³-hybridized carbons (Fsp3) is 0.400. The van der Waals surface area contributed by atoms with Gasteiger partial charge in [-0.05, 0) is 75.6 Å². The van der Waals surface area contributed by atoms with Crippen LogP contribution in [-0.4, -0.2) is 23.1 Å². The third-order valence-electron chi connectivity index (χ3n) is 4.21. The number of allylic oxidation sites excluding steroid dienone is 1. The van der Waals surface area contributed by atoms with Gasteiger partial charge >= 0.3 is 0 Å². The Morgan fingerprint density at radius 2 is 1.48 bits per heavy atom. The van der Waals surface area contributed by atoms with Gasteiger partial charge in [0.1, 0.15) is 17.2 Å². The first-order valence-electron chi connectivity index (χ1n) is 10.0. The van der Waals surface area contributed by atoms with E-state index in [9.17, 15) is 9.90 Å². The van der Waals surface area contributed by atoms with Crippen molar-refractivity contribution in [2.24, 2.45) is 0 Å². The Hall–Kier alpha value is -2.75. The van der Waals surface area contributed by atoms with Crippen LogP contribution in [0.1, 0.15) is 70.0 Å². The zero-order valence-corrected chi connectivity index (χ0v) is 18.4. The van der Waals surface area contributed by atoms with Crippen molar-refractivity contribution in [2.75, 3.05) is 0 Å². The maximum atomic E-state index is 12.5. The lowest BCUT2D eigenvalue weighted by atomic mass is 9.85. The molecule has 0 saturated carbocycles. The zero-order valence-electron chi connectivity index (χ0n) is 18.4. The Kier molecular flexibility index (Phi) is 7.12. The first-order chi connectivity index (χ1) is 13.5. The summed E-state index contributed by atoms with van der Waals surface area (Å²) in [5.41, 5.74) is 2.26. The molecule has 1 N–H and O–H groups in total. The third kappa shape index (κ3) is 6.38. The van der Waals surface area contributed by atoms with Gasteiger partial charge in [0.2, 0.25) is 0 Å². The Morgan fingerprint density at radius 1 is 0.931 bits per heavy atom. The van der Waals surface area contributed by atoms with E-state index >= 15 is 0 Å². The van der Waals surface area contributed by atoms with E-state index in [2.05, 4.69) is 20.8 Å². The number of phenolic OH excluding ortho intramolecular Hbond substituents is 1. The Bertz CT molecular complexity index is 869. The molecule has 0 saturated heterocycles. The summed E-state index contributed by atoms with van der Waals surface area (Å²) in [5.74, 6) is 1.47. The molecule has 0 unspecified atom stereocenters. The summed E-state index contributed by atoms with van der Waals surface area (Å²) in [6.45, 7) is 14.3. The smallest absolute Gasteiger partial charge is 0.185 e. The van der Waals surface area contributed by atoms with Gasteiger partial charge in [0.15, 0.2) is 5.78 Å². The SMILES string of the molecule is CC(C)Oc1cc(OC(C)C)c(C(C)(C)C)cc1/C=C/C(=O)c1ccc(O)cc1. The first kappa shape index (κ1) is 22.5. The van der Waals surface area contributed by atoms with Gasteiger partial charge in [-0.15, -0.1) is 0 Å². The quantitative estimate of drug-likeness (QED) is 0.450. The van der Waals surface area contributed by atoms with Crippen LogP contribution in [0.25, 0.3) is 6.08 Å². The molecule has 4 heteroatoms. The van der Waals surface area contributed by atoms with Gasteiger partial charge in [-0.3, -0.25) is 4.79 Å². The minimum absolute atomic E-state index is 0.0117. The van der Waals surface area contributed by atoms with Crippen LogP contribution >= 0.6 is 0 Å². The average molecular weight is 397 g/mol. The fourth-order valence-corrected chi connectivity index (χ4v) is 2.89. The summed E-state index contributed by atoms with van der Waals surface area (Å²) in [6, 6.07) is 10.2. The van der Waals surface area contributed by atoms with E-state index in [0.29, 0.717) is 11.3 Å². The van der Waals surface area contributed by atoms with Crippen molar-refractivity contribution in [3.8, 4) is 17.2 Å². The highest BCUT2D eigenvalue weighted by molar-refractivity contribution is 6.07. The summed E-state index contributed by atoms with van der Waals surface area (Å²) in [7, 11) is 0. The number of ether oxygens (including phenoxy) is 2. The summed E-state index contributed by atoms with van der Waals surface area (Å²) in [6.07, 6.45) is 3.34. The van der Waals surface area contributed by atoms with Crippen molar-refractivity contribution in [1.29, 1.82) is 0 Å². The van der Waals surface area contributed by atoms with Gasteiger partial charge in [0.05, 0.1) is 12.2 Å². The van der Waals surface area contributed by atoms with E-state index in [4.69, 9.17) is 9.47 Å². The molecule has 0 atom stereocenters. The predicted molar refractivity (Wildman–Crippen MR) is 118 cm³/mol. The highest BCUT2D eigenvalue weighted by Crippen LogP contribution is 2.38. The molecule has 0 aliphatic carbocycles. The molecule has 0 fully saturated rings. The van der Waals surface area contributed by atoms with Crippen molar-refractivity contribution in [1.82, 2.24) is 0 Å². The summed E-state index contributed by atoms with van der Waals surface area (Å²) in [5, 5.41) is 9.40. The largest absolute Gasteiger partial charge is 0.508 e. The molecule has 0 spiro atoms. The minimum Gasteiger partial charge on any atom is -0.508 e. The first-order valence-corrected chi connectivity index (χ1v) is 10.0. The molecular weight excluding hydrogens is 364 g/mol. The van der Waals surface area contributed by atoms with Crippen LogP contribution in [0.3, 0.4) is 0 Å². The number of carbonyl (C=O) groups is 1. The molecule has 4 nitrogen and oxygen atoms in total. The van der Waals surface area contributed by atoms with Crippen LogP contribution in [0.15, 0.2) is 42.5 Å². The molecule has 0 radical (unpaired) electrons. The lowest BCUT2D eigenvalue weighted by Gasteiger charge is -2.26. The van der Waals surface area contributed by atoms with Gasteiger partial charge in [-0.25, -0.2) is 0 Å². The molecule has 0 aliphatic heterocycles. The molecule has 0 bridgehead atoms. The van der Waals surface area contributed by atoms with Crippen molar-refractivity contribution < 1.29 is 19.4 Å². The summed E-state index contributed by atoms with van der Waals surface area (Å²) >= 11 is 0. The lowest BCUT2D eigenvalue weighted by molar-refractivity contribution is 0.104. The van der Waals surface area contributed by atoms with E-state index in [-0.39, 0.29) is 29.2 Å². The van der Waals surface area contributed by atoms with Crippen LogP contribution < -0.4 is 9.47 Å². The molecule has 0 amide bonds. The van der Waals surface area contributed by atoms with E-state index < -0.39 is 0 Å². The van der Waals surface area contributed by atoms with Crippen LogP contribution in [0, 0.1) is 0 Å². The van der Waals surface area contributed by atoms with E-state index in [0.717, 1.165) is 16.9 Å². The van der Waals surface area contributed by atoms with Crippen molar-refractivity contribution >= 4 is 11.9 Å². The van der Waals surface area contributed by atoms with E-state index in [1.54, 1.807) is 18.2 Å². The average Bonchev–Trinajstić information content (AvgIpc) is 2.59. The molecule has 0 aliphatic rings. The molecule has 0 aromatic heterocycles. The predicted octanol–water partition coefficient (Wildman–Crippen LogP) is 6.16. The maximum absolute atomic E-state index is 12.5. The summed E-state index contributed by atoms with van der Waals surface area (Å²) < 4.78 is 12.1. The van der Waals surface area contributed by atoms with Crippen LogP contribution in [0.4, 0.5) is 0 Å². The summed E-state index contributed by atoms with van der Waals surface area (Å²) in [4.78, 5) is 12.5. The van der Waals surface area contributed by atoms with E-state index in [1.165, 1.54) is 18.2 Å². The number of rotatable bonds is 7. The number of ketones is 1. The van der Waals surface area contributed by atoms with Crippen molar-refractivity contribution in [3.63, 3.8) is 0 Å². The van der Waals surface area contributed by atoms with Crippen LogP contribution in [0.2, 0.25) is 0 Å². The zero-order chi connectivity index (χ0) is 21.8. The van der Waals surface area contributed by atoms with Crippen LogP contribution in [0.5, 0.6) is 17.2 Å². The van der Waals surface area contributed by atoms with Gasteiger partial charge in [0.25, 0.3) is 0 Å². The van der Waals surface area contributed by atoms with Gasteiger partial charge in [-0.2, -0.15) is 0 Å².